The van der Waals surface area contributed by atoms with Gasteiger partial charge in [0, 0.05) is 0 Å². The van der Waals surface area contributed by atoms with Crippen LogP contribution in [0.1, 0.15) is 13.3 Å². The zero-order valence-corrected chi connectivity index (χ0v) is 5.64. The second-order valence-electron chi connectivity index (χ2n) is 1.69. The number of esters is 1. The lowest BCUT2D eigenvalue weighted by atomic mass is 10.5. The number of rotatable bonds is 4. The van der Waals surface area contributed by atoms with E-state index < -0.39 is 0 Å². The summed E-state index contributed by atoms with van der Waals surface area (Å²) >= 11 is 0. The number of ether oxygens (including phenoxy) is 1. The Labute approximate surface area is 55.4 Å². The zero-order valence-electron chi connectivity index (χ0n) is 5.64. The molecule has 1 N–H and O–H groups in total. The molecule has 0 aliphatic heterocycles. The van der Waals surface area contributed by atoms with Gasteiger partial charge in [0.1, 0.15) is 7.11 Å². The molecule has 0 aromatic rings. The molecule has 0 rings (SSSR count). The first kappa shape index (κ1) is 8.43. The zero-order chi connectivity index (χ0) is 7.11. The van der Waals surface area contributed by atoms with Crippen LogP contribution in [-0.2, 0) is 9.53 Å². The van der Waals surface area contributed by atoms with Crippen LogP contribution in [0.15, 0.2) is 0 Å². The van der Waals surface area contributed by atoms with Gasteiger partial charge >= 0.3 is 5.97 Å². The fourth-order valence-electron chi connectivity index (χ4n) is 0.418. The van der Waals surface area contributed by atoms with Gasteiger partial charge in [-0.2, -0.15) is 0 Å². The highest BCUT2D eigenvalue weighted by Gasteiger charge is 1.95. The fourth-order valence-corrected chi connectivity index (χ4v) is 0.418. The second kappa shape index (κ2) is 5.56. The average Bonchev–Trinajstić information content (AvgIpc) is 1.89. The average molecular weight is 130 g/mol. The molecule has 0 saturated carbocycles. The van der Waals surface area contributed by atoms with Crippen LogP contribution in [0.3, 0.4) is 0 Å². The number of nitrogens with one attached hydrogen (secondary N) is 1. The number of hydrogen-bond donors (Lipinski definition) is 1. The Hall–Kier alpha value is -0.570. The van der Waals surface area contributed by atoms with Crippen molar-refractivity contribution in [3.63, 3.8) is 0 Å². The minimum absolute atomic E-state index is 0.261. The van der Waals surface area contributed by atoms with Crippen LogP contribution in [0.2, 0.25) is 0 Å². The van der Waals surface area contributed by atoms with Gasteiger partial charge in [-0.1, -0.05) is 6.92 Å². The fraction of sp³-hybridized carbons (Fsp3) is 0.667. The Balaban J connectivity index is 2.97. The number of carbonyl (C=O) groups excluding carboxylic acids is 1. The van der Waals surface area contributed by atoms with Crippen molar-refractivity contribution >= 4 is 5.97 Å². The maximum absolute atomic E-state index is 10.3. The van der Waals surface area contributed by atoms with E-state index in [1.165, 1.54) is 0 Å². The Morgan fingerprint density at radius 2 is 2.44 bits per heavy atom. The van der Waals surface area contributed by atoms with E-state index >= 15 is 0 Å². The predicted octanol–water partition coefficient (Wildman–Crippen LogP) is 0.321. The van der Waals surface area contributed by atoms with Gasteiger partial charge in [0.25, 0.3) is 0 Å². The van der Waals surface area contributed by atoms with Crippen LogP contribution in [0.4, 0.5) is 0 Å². The minimum Gasteiger partial charge on any atom is -0.461 e. The van der Waals surface area contributed by atoms with Crippen LogP contribution < -0.4 is 5.32 Å². The molecule has 0 fully saturated rings. The molecular formula is C6H12NO2. The largest absolute Gasteiger partial charge is 0.461 e. The maximum Gasteiger partial charge on any atom is 0.320 e. The summed E-state index contributed by atoms with van der Waals surface area (Å²) in [6.07, 6.45) is 1.02. The molecule has 0 aromatic carbocycles. The van der Waals surface area contributed by atoms with E-state index in [1.54, 1.807) is 0 Å². The summed E-state index contributed by atoms with van der Waals surface area (Å²) in [5.41, 5.74) is 0. The summed E-state index contributed by atoms with van der Waals surface area (Å²) in [5.74, 6) is -0.316. The Bertz CT molecular complexity index is 83.1. The molecule has 0 aromatic heterocycles. The topological polar surface area (TPSA) is 38.3 Å². The molecule has 53 valence electrons. The molecule has 0 bridgehead atoms. The lowest BCUT2D eigenvalue weighted by molar-refractivity contribution is -0.137. The van der Waals surface area contributed by atoms with E-state index in [0.717, 1.165) is 13.0 Å². The van der Waals surface area contributed by atoms with Crippen molar-refractivity contribution in [2.24, 2.45) is 0 Å². The number of carbonyl (C=O) groups is 1. The highest BCUT2D eigenvalue weighted by atomic mass is 16.5. The molecule has 0 spiro atoms. The summed E-state index contributed by atoms with van der Waals surface area (Å²) in [7, 11) is 2.97. The summed E-state index contributed by atoms with van der Waals surface area (Å²) < 4.78 is 4.15. The summed E-state index contributed by atoms with van der Waals surface area (Å²) in [6.45, 7) is 3.13. The summed E-state index contributed by atoms with van der Waals surface area (Å²) in [4.78, 5) is 10.3. The summed E-state index contributed by atoms with van der Waals surface area (Å²) in [5, 5.41) is 2.87. The van der Waals surface area contributed by atoms with Crippen molar-refractivity contribution in [1.29, 1.82) is 0 Å². The third-order valence-electron chi connectivity index (χ3n) is 0.857. The molecule has 0 aliphatic rings. The standard InChI is InChI=1S/C6H12NO2/c1-3-4-7-5-6(8)9-2/h7H,2-5H2,1H3. The van der Waals surface area contributed by atoms with Gasteiger partial charge in [-0.25, -0.2) is 0 Å². The van der Waals surface area contributed by atoms with Gasteiger partial charge in [-0.05, 0) is 13.0 Å². The second-order valence-corrected chi connectivity index (χ2v) is 1.69. The third-order valence-corrected chi connectivity index (χ3v) is 0.857. The van der Waals surface area contributed by atoms with E-state index in [2.05, 4.69) is 17.2 Å². The van der Waals surface area contributed by atoms with Crippen LogP contribution in [0.5, 0.6) is 0 Å². The van der Waals surface area contributed by atoms with Crippen LogP contribution in [0.25, 0.3) is 0 Å². The normalized spacial score (nSPS) is 9.11. The van der Waals surface area contributed by atoms with Gasteiger partial charge in [-0.3, -0.25) is 4.79 Å². The van der Waals surface area contributed by atoms with Crippen LogP contribution in [-0.4, -0.2) is 19.1 Å². The molecule has 0 amide bonds. The Morgan fingerprint density at radius 1 is 1.78 bits per heavy atom. The van der Waals surface area contributed by atoms with E-state index in [0.29, 0.717) is 0 Å². The maximum atomic E-state index is 10.3. The highest BCUT2D eigenvalue weighted by molar-refractivity contribution is 5.71. The van der Waals surface area contributed by atoms with E-state index in [1.807, 2.05) is 6.92 Å². The summed E-state index contributed by atoms with van der Waals surface area (Å²) in [6, 6.07) is 0. The molecule has 0 unspecified atom stereocenters. The third kappa shape index (κ3) is 5.30. The van der Waals surface area contributed by atoms with E-state index in [9.17, 15) is 4.79 Å². The first-order valence-corrected chi connectivity index (χ1v) is 2.96. The van der Waals surface area contributed by atoms with Crippen molar-refractivity contribution < 1.29 is 9.53 Å². The molecule has 0 aliphatic carbocycles. The first-order valence-electron chi connectivity index (χ1n) is 2.96. The molecule has 0 atom stereocenters. The quantitative estimate of drug-likeness (QED) is 0.440. The molecule has 1 radical (unpaired) electrons. The lowest BCUT2D eigenvalue weighted by Crippen LogP contribution is -2.23. The number of hydrogen-bond acceptors (Lipinski definition) is 3. The minimum atomic E-state index is -0.316. The van der Waals surface area contributed by atoms with Crippen molar-refractivity contribution in [3.8, 4) is 0 Å². The monoisotopic (exact) mass is 130 g/mol. The van der Waals surface area contributed by atoms with Crippen molar-refractivity contribution in [2.75, 3.05) is 13.1 Å². The molecule has 3 heteroatoms. The Kier molecular flexibility index (Phi) is 5.21. The van der Waals surface area contributed by atoms with Gasteiger partial charge in [0.2, 0.25) is 0 Å². The molecule has 0 saturated heterocycles. The van der Waals surface area contributed by atoms with Crippen molar-refractivity contribution in [3.05, 3.63) is 7.11 Å². The van der Waals surface area contributed by atoms with Crippen LogP contribution in [0, 0.1) is 7.11 Å². The van der Waals surface area contributed by atoms with Crippen LogP contribution >= 0.6 is 0 Å². The smallest absolute Gasteiger partial charge is 0.320 e. The van der Waals surface area contributed by atoms with Gasteiger partial charge < -0.3 is 10.1 Å². The SMILES string of the molecule is [CH2]OC(=O)CNCCC. The van der Waals surface area contributed by atoms with Gasteiger partial charge in [-0.15, -0.1) is 0 Å². The highest BCUT2D eigenvalue weighted by Crippen LogP contribution is 1.73. The van der Waals surface area contributed by atoms with E-state index in [4.69, 9.17) is 0 Å². The van der Waals surface area contributed by atoms with Gasteiger partial charge in [0.05, 0.1) is 6.54 Å². The first-order chi connectivity index (χ1) is 4.31. The molecular weight excluding hydrogens is 118 g/mol. The molecule has 9 heavy (non-hydrogen) atoms. The van der Waals surface area contributed by atoms with Crippen molar-refractivity contribution in [2.45, 2.75) is 13.3 Å². The molecule has 3 nitrogen and oxygen atoms in total. The van der Waals surface area contributed by atoms with Gasteiger partial charge in [0.15, 0.2) is 0 Å². The lowest BCUT2D eigenvalue weighted by Gasteiger charge is -1.98. The van der Waals surface area contributed by atoms with E-state index in [-0.39, 0.29) is 12.5 Å². The Morgan fingerprint density at radius 3 is 2.89 bits per heavy atom. The molecule has 0 heterocycles. The van der Waals surface area contributed by atoms with Crippen molar-refractivity contribution in [1.82, 2.24) is 5.32 Å². The predicted molar refractivity (Wildman–Crippen MR) is 34.6 cm³/mol.